The predicted octanol–water partition coefficient (Wildman–Crippen LogP) is 0.783. The molecule has 0 saturated carbocycles. The van der Waals surface area contributed by atoms with Crippen LogP contribution in [0.15, 0.2) is 36.4 Å². The molecule has 7 nitrogen and oxygen atoms in total. The van der Waals surface area contributed by atoms with Crippen molar-refractivity contribution in [2.24, 2.45) is 0 Å². The van der Waals surface area contributed by atoms with Gasteiger partial charge in [-0.3, -0.25) is 4.79 Å². The van der Waals surface area contributed by atoms with E-state index in [0.717, 1.165) is 6.08 Å². The number of carbonyl (C=O) groups is 3. The lowest BCUT2D eigenvalue weighted by atomic mass is 10.1. The summed E-state index contributed by atoms with van der Waals surface area (Å²) in [5.74, 6) is -1.82. The highest BCUT2D eigenvalue weighted by molar-refractivity contribution is 5.97. The molecule has 0 saturated heterocycles. The molecular formula is C15H17NO6. The van der Waals surface area contributed by atoms with E-state index >= 15 is 0 Å². The van der Waals surface area contributed by atoms with E-state index in [1.54, 1.807) is 0 Å². The van der Waals surface area contributed by atoms with Gasteiger partial charge in [0, 0.05) is 11.6 Å². The SMILES string of the molecule is COC(=O)/C=C/C[C@@H](NC(=O)c1cccc(O)c1)C(=O)OC. The first-order chi connectivity index (χ1) is 10.5. The van der Waals surface area contributed by atoms with Gasteiger partial charge in [0.15, 0.2) is 0 Å². The summed E-state index contributed by atoms with van der Waals surface area (Å²) in [5, 5.41) is 11.8. The van der Waals surface area contributed by atoms with Crippen molar-refractivity contribution in [1.82, 2.24) is 5.32 Å². The van der Waals surface area contributed by atoms with Gasteiger partial charge in [0.05, 0.1) is 14.2 Å². The Morgan fingerprint density at radius 3 is 2.59 bits per heavy atom. The molecule has 1 aromatic carbocycles. The number of methoxy groups -OCH3 is 2. The molecule has 0 bridgehead atoms. The van der Waals surface area contributed by atoms with Gasteiger partial charge in [-0.25, -0.2) is 9.59 Å². The fraction of sp³-hybridized carbons (Fsp3) is 0.267. The highest BCUT2D eigenvalue weighted by atomic mass is 16.5. The van der Waals surface area contributed by atoms with Crippen LogP contribution in [-0.4, -0.2) is 43.2 Å². The highest BCUT2D eigenvalue weighted by Gasteiger charge is 2.21. The zero-order valence-electron chi connectivity index (χ0n) is 12.2. The quantitative estimate of drug-likeness (QED) is 0.595. The van der Waals surface area contributed by atoms with Crippen molar-refractivity contribution in [3.05, 3.63) is 42.0 Å². The lowest BCUT2D eigenvalue weighted by Crippen LogP contribution is -2.41. The van der Waals surface area contributed by atoms with Crippen molar-refractivity contribution < 1.29 is 29.0 Å². The number of aromatic hydroxyl groups is 1. The van der Waals surface area contributed by atoms with E-state index in [1.807, 2.05) is 0 Å². The van der Waals surface area contributed by atoms with Crippen LogP contribution in [0.5, 0.6) is 5.75 Å². The van der Waals surface area contributed by atoms with Gasteiger partial charge in [-0.05, 0) is 24.6 Å². The van der Waals surface area contributed by atoms with Crippen LogP contribution in [-0.2, 0) is 19.1 Å². The number of phenols is 1. The highest BCUT2D eigenvalue weighted by Crippen LogP contribution is 2.11. The second kappa shape index (κ2) is 8.46. The largest absolute Gasteiger partial charge is 0.508 e. The fourth-order valence-corrected chi connectivity index (χ4v) is 1.61. The summed E-state index contributed by atoms with van der Waals surface area (Å²) >= 11 is 0. The standard InChI is InChI=1S/C15H17NO6/c1-21-13(18)8-4-7-12(15(20)22-2)16-14(19)10-5-3-6-11(17)9-10/h3-6,8-9,12,17H,7H2,1-2H3,(H,16,19)/b8-4+/t12-/m1/s1. The van der Waals surface area contributed by atoms with Crippen molar-refractivity contribution in [3.63, 3.8) is 0 Å². The number of amides is 1. The molecule has 1 aromatic rings. The van der Waals surface area contributed by atoms with Crippen LogP contribution in [0.2, 0.25) is 0 Å². The third kappa shape index (κ3) is 5.28. The van der Waals surface area contributed by atoms with Crippen molar-refractivity contribution in [2.45, 2.75) is 12.5 Å². The van der Waals surface area contributed by atoms with Crippen LogP contribution in [0, 0.1) is 0 Å². The summed E-state index contributed by atoms with van der Waals surface area (Å²) < 4.78 is 9.03. The Kier molecular flexibility index (Phi) is 6.62. The summed E-state index contributed by atoms with van der Waals surface area (Å²) in [6.45, 7) is 0. The molecule has 0 unspecified atom stereocenters. The molecule has 0 spiro atoms. The number of esters is 2. The molecule has 0 aliphatic rings. The smallest absolute Gasteiger partial charge is 0.330 e. The van der Waals surface area contributed by atoms with Gasteiger partial charge in [-0.1, -0.05) is 12.1 Å². The third-order valence-corrected chi connectivity index (χ3v) is 2.73. The summed E-state index contributed by atoms with van der Waals surface area (Å²) in [4.78, 5) is 34.7. The lowest BCUT2D eigenvalue weighted by Gasteiger charge is -2.14. The first kappa shape index (κ1) is 17.2. The maximum absolute atomic E-state index is 12.0. The lowest BCUT2D eigenvalue weighted by molar-refractivity contribution is -0.143. The normalized spacial score (nSPS) is 11.7. The van der Waals surface area contributed by atoms with Crippen molar-refractivity contribution in [2.75, 3.05) is 14.2 Å². The minimum Gasteiger partial charge on any atom is -0.508 e. The Labute approximate surface area is 127 Å². The Balaban J connectivity index is 2.76. The molecule has 0 radical (unpaired) electrons. The number of hydrogen-bond acceptors (Lipinski definition) is 6. The topological polar surface area (TPSA) is 102 Å². The summed E-state index contributed by atoms with van der Waals surface area (Å²) in [6.07, 6.45) is 2.61. The fourth-order valence-electron chi connectivity index (χ4n) is 1.61. The van der Waals surface area contributed by atoms with Crippen LogP contribution in [0.25, 0.3) is 0 Å². The first-order valence-electron chi connectivity index (χ1n) is 6.40. The number of ether oxygens (including phenoxy) is 2. The molecule has 22 heavy (non-hydrogen) atoms. The van der Waals surface area contributed by atoms with Gasteiger partial charge < -0.3 is 19.9 Å². The minimum absolute atomic E-state index is 0.0618. The van der Waals surface area contributed by atoms with Gasteiger partial charge in [-0.15, -0.1) is 0 Å². The molecule has 7 heteroatoms. The van der Waals surface area contributed by atoms with E-state index in [9.17, 15) is 19.5 Å². The summed E-state index contributed by atoms with van der Waals surface area (Å²) in [7, 11) is 2.42. The molecular weight excluding hydrogens is 290 g/mol. The third-order valence-electron chi connectivity index (χ3n) is 2.73. The van der Waals surface area contributed by atoms with Gasteiger partial charge >= 0.3 is 11.9 Å². The second-order valence-corrected chi connectivity index (χ2v) is 4.26. The Bertz CT molecular complexity index is 581. The van der Waals surface area contributed by atoms with Gasteiger partial charge in [0.25, 0.3) is 5.91 Å². The molecule has 0 aromatic heterocycles. The van der Waals surface area contributed by atoms with Gasteiger partial charge in [0.1, 0.15) is 11.8 Å². The molecule has 0 aliphatic heterocycles. The molecule has 1 rings (SSSR count). The molecule has 118 valence electrons. The minimum atomic E-state index is -0.958. The Morgan fingerprint density at radius 2 is 2.00 bits per heavy atom. The van der Waals surface area contributed by atoms with Crippen molar-refractivity contribution >= 4 is 17.8 Å². The maximum atomic E-state index is 12.0. The average Bonchev–Trinajstić information content (AvgIpc) is 2.52. The van der Waals surface area contributed by atoms with Crippen LogP contribution >= 0.6 is 0 Å². The maximum Gasteiger partial charge on any atom is 0.330 e. The van der Waals surface area contributed by atoms with Gasteiger partial charge in [-0.2, -0.15) is 0 Å². The van der Waals surface area contributed by atoms with Crippen molar-refractivity contribution in [1.29, 1.82) is 0 Å². The van der Waals surface area contributed by atoms with Crippen molar-refractivity contribution in [3.8, 4) is 5.75 Å². The molecule has 0 fully saturated rings. The molecule has 2 N–H and O–H groups in total. The number of rotatable bonds is 6. The van der Waals surface area contributed by atoms with E-state index in [2.05, 4.69) is 14.8 Å². The van der Waals surface area contributed by atoms with Crippen LogP contribution in [0.4, 0.5) is 0 Å². The van der Waals surface area contributed by atoms with E-state index in [-0.39, 0.29) is 17.7 Å². The summed E-state index contributed by atoms with van der Waals surface area (Å²) in [6, 6.07) is 4.74. The second-order valence-electron chi connectivity index (χ2n) is 4.26. The monoisotopic (exact) mass is 307 g/mol. The average molecular weight is 307 g/mol. The molecule has 0 heterocycles. The van der Waals surface area contributed by atoms with Gasteiger partial charge in [0.2, 0.25) is 0 Å². The molecule has 1 atom stereocenters. The zero-order chi connectivity index (χ0) is 16.5. The zero-order valence-corrected chi connectivity index (χ0v) is 12.2. The number of benzene rings is 1. The van der Waals surface area contributed by atoms with Crippen LogP contribution < -0.4 is 5.32 Å². The van der Waals surface area contributed by atoms with E-state index in [1.165, 1.54) is 44.6 Å². The molecule has 0 aliphatic carbocycles. The number of carbonyl (C=O) groups excluding carboxylic acids is 3. The predicted molar refractivity (Wildman–Crippen MR) is 77.2 cm³/mol. The van der Waals surface area contributed by atoms with E-state index in [0.29, 0.717) is 0 Å². The van der Waals surface area contributed by atoms with Crippen LogP contribution in [0.3, 0.4) is 0 Å². The Hall–Kier alpha value is -2.83. The number of phenolic OH excluding ortho intramolecular Hbond substituents is 1. The number of hydrogen-bond donors (Lipinski definition) is 2. The molecule has 1 amide bonds. The van der Waals surface area contributed by atoms with E-state index in [4.69, 9.17) is 0 Å². The van der Waals surface area contributed by atoms with Crippen LogP contribution in [0.1, 0.15) is 16.8 Å². The summed E-state index contributed by atoms with van der Waals surface area (Å²) in [5.41, 5.74) is 0.200. The number of nitrogens with one attached hydrogen (secondary N) is 1. The Morgan fingerprint density at radius 1 is 1.27 bits per heavy atom. The van der Waals surface area contributed by atoms with E-state index < -0.39 is 23.9 Å². The first-order valence-corrected chi connectivity index (χ1v) is 6.40.